The number of anilines is 1. The number of benzene rings is 1. The first-order chi connectivity index (χ1) is 7.20. The SMILES string of the molecule is CC(C)N1CCCC(O)c2ccccc21. The van der Waals surface area contributed by atoms with Gasteiger partial charge in [-0.2, -0.15) is 0 Å². The lowest BCUT2D eigenvalue weighted by atomic mass is 10.0. The summed E-state index contributed by atoms with van der Waals surface area (Å²) >= 11 is 0. The Morgan fingerprint density at radius 3 is 2.80 bits per heavy atom. The van der Waals surface area contributed by atoms with Crippen LogP contribution in [0.4, 0.5) is 5.69 Å². The van der Waals surface area contributed by atoms with Gasteiger partial charge in [0.25, 0.3) is 0 Å². The van der Waals surface area contributed by atoms with Gasteiger partial charge in [-0.05, 0) is 32.8 Å². The Kier molecular flexibility index (Phi) is 2.96. The highest BCUT2D eigenvalue weighted by molar-refractivity contribution is 5.55. The molecule has 0 radical (unpaired) electrons. The Bertz CT molecular complexity index is 335. The van der Waals surface area contributed by atoms with Gasteiger partial charge in [0.1, 0.15) is 0 Å². The van der Waals surface area contributed by atoms with Gasteiger partial charge in [0.15, 0.2) is 0 Å². The van der Waals surface area contributed by atoms with Crippen molar-refractivity contribution in [3.05, 3.63) is 29.8 Å². The van der Waals surface area contributed by atoms with Gasteiger partial charge in [-0.15, -0.1) is 0 Å². The maximum absolute atomic E-state index is 10.0. The highest BCUT2D eigenvalue weighted by atomic mass is 16.3. The summed E-state index contributed by atoms with van der Waals surface area (Å²) in [5.74, 6) is 0. The molecular formula is C13H19NO. The van der Waals surface area contributed by atoms with Crippen LogP contribution in [0.5, 0.6) is 0 Å². The van der Waals surface area contributed by atoms with Crippen molar-refractivity contribution in [3.8, 4) is 0 Å². The first-order valence-electron chi connectivity index (χ1n) is 5.74. The van der Waals surface area contributed by atoms with Crippen LogP contribution in [-0.2, 0) is 0 Å². The molecule has 0 amide bonds. The number of rotatable bonds is 1. The molecule has 0 aromatic heterocycles. The maximum Gasteiger partial charge on any atom is 0.0810 e. The summed E-state index contributed by atoms with van der Waals surface area (Å²) in [4.78, 5) is 2.38. The molecule has 1 atom stereocenters. The molecule has 0 aliphatic carbocycles. The van der Waals surface area contributed by atoms with Crippen molar-refractivity contribution >= 4 is 5.69 Å². The van der Waals surface area contributed by atoms with Gasteiger partial charge >= 0.3 is 0 Å². The van der Waals surface area contributed by atoms with Gasteiger partial charge < -0.3 is 10.0 Å². The van der Waals surface area contributed by atoms with Crippen molar-refractivity contribution < 1.29 is 5.11 Å². The van der Waals surface area contributed by atoms with E-state index in [9.17, 15) is 5.11 Å². The van der Waals surface area contributed by atoms with Gasteiger partial charge in [-0.1, -0.05) is 18.2 Å². The van der Waals surface area contributed by atoms with E-state index < -0.39 is 0 Å². The predicted octanol–water partition coefficient (Wildman–Crippen LogP) is 2.73. The summed E-state index contributed by atoms with van der Waals surface area (Å²) in [6, 6.07) is 8.71. The van der Waals surface area contributed by atoms with Crippen molar-refractivity contribution in [2.24, 2.45) is 0 Å². The van der Waals surface area contributed by atoms with E-state index in [0.717, 1.165) is 24.9 Å². The molecule has 15 heavy (non-hydrogen) atoms. The van der Waals surface area contributed by atoms with E-state index in [1.807, 2.05) is 18.2 Å². The number of nitrogens with zero attached hydrogens (tertiary/aromatic N) is 1. The van der Waals surface area contributed by atoms with E-state index in [4.69, 9.17) is 0 Å². The van der Waals surface area contributed by atoms with Crippen molar-refractivity contribution in [3.63, 3.8) is 0 Å². The molecule has 1 aliphatic rings. The monoisotopic (exact) mass is 205 g/mol. The molecule has 0 saturated carbocycles. The minimum Gasteiger partial charge on any atom is -0.388 e. The summed E-state index contributed by atoms with van der Waals surface area (Å²) in [6.07, 6.45) is 1.65. The first kappa shape index (κ1) is 10.5. The Labute approximate surface area is 91.5 Å². The average molecular weight is 205 g/mol. The molecule has 2 nitrogen and oxygen atoms in total. The first-order valence-corrected chi connectivity index (χ1v) is 5.74. The maximum atomic E-state index is 10.0. The lowest BCUT2D eigenvalue weighted by molar-refractivity contribution is 0.168. The lowest BCUT2D eigenvalue weighted by Gasteiger charge is -2.29. The zero-order valence-corrected chi connectivity index (χ0v) is 9.48. The molecule has 1 aromatic rings. The van der Waals surface area contributed by atoms with Crippen LogP contribution in [0.1, 0.15) is 38.4 Å². The van der Waals surface area contributed by atoms with E-state index in [-0.39, 0.29) is 6.10 Å². The minimum atomic E-state index is -0.287. The number of para-hydroxylation sites is 1. The predicted molar refractivity (Wildman–Crippen MR) is 63.1 cm³/mol. The van der Waals surface area contributed by atoms with E-state index in [2.05, 4.69) is 24.8 Å². The fourth-order valence-electron chi connectivity index (χ4n) is 2.30. The van der Waals surface area contributed by atoms with Crippen LogP contribution in [0.25, 0.3) is 0 Å². The van der Waals surface area contributed by atoms with E-state index >= 15 is 0 Å². The smallest absolute Gasteiger partial charge is 0.0810 e. The Morgan fingerprint density at radius 2 is 2.07 bits per heavy atom. The highest BCUT2D eigenvalue weighted by Gasteiger charge is 2.21. The van der Waals surface area contributed by atoms with Gasteiger partial charge in [0, 0.05) is 23.8 Å². The molecule has 2 rings (SSSR count). The van der Waals surface area contributed by atoms with Crippen LogP contribution in [0.15, 0.2) is 24.3 Å². The van der Waals surface area contributed by atoms with Crippen molar-refractivity contribution in [2.45, 2.75) is 38.8 Å². The Morgan fingerprint density at radius 1 is 1.33 bits per heavy atom. The highest BCUT2D eigenvalue weighted by Crippen LogP contribution is 2.33. The number of hydrogen-bond donors (Lipinski definition) is 1. The van der Waals surface area contributed by atoms with Gasteiger partial charge in [0.05, 0.1) is 6.10 Å². The molecule has 0 spiro atoms. The van der Waals surface area contributed by atoms with Crippen molar-refractivity contribution in [1.82, 2.24) is 0 Å². The number of aliphatic hydroxyl groups excluding tert-OH is 1. The van der Waals surface area contributed by atoms with E-state index in [1.165, 1.54) is 5.69 Å². The Balaban J connectivity index is 2.43. The van der Waals surface area contributed by atoms with Crippen molar-refractivity contribution in [1.29, 1.82) is 0 Å². The molecule has 0 bridgehead atoms. The Hall–Kier alpha value is -1.02. The second-order valence-electron chi connectivity index (χ2n) is 4.50. The van der Waals surface area contributed by atoms with Crippen molar-refractivity contribution in [2.75, 3.05) is 11.4 Å². The molecule has 1 aromatic carbocycles. The van der Waals surface area contributed by atoms with Crippen LogP contribution in [0.3, 0.4) is 0 Å². The third-order valence-electron chi connectivity index (χ3n) is 3.11. The molecule has 1 heterocycles. The topological polar surface area (TPSA) is 23.5 Å². The van der Waals surface area contributed by atoms with E-state index in [0.29, 0.717) is 6.04 Å². The average Bonchev–Trinajstić information content (AvgIpc) is 2.39. The third kappa shape index (κ3) is 2.00. The van der Waals surface area contributed by atoms with Crippen LogP contribution in [0, 0.1) is 0 Å². The largest absolute Gasteiger partial charge is 0.388 e. The molecular weight excluding hydrogens is 186 g/mol. The molecule has 2 heteroatoms. The second-order valence-corrected chi connectivity index (χ2v) is 4.50. The van der Waals surface area contributed by atoms with Crippen LogP contribution >= 0.6 is 0 Å². The summed E-state index contributed by atoms with van der Waals surface area (Å²) in [5, 5.41) is 10.0. The zero-order chi connectivity index (χ0) is 10.8. The van der Waals surface area contributed by atoms with Crippen LogP contribution in [-0.4, -0.2) is 17.7 Å². The standard InChI is InChI=1S/C13H19NO/c1-10(2)14-9-5-8-13(15)11-6-3-4-7-12(11)14/h3-4,6-7,10,13,15H,5,8-9H2,1-2H3. The van der Waals surface area contributed by atoms with Gasteiger partial charge in [0.2, 0.25) is 0 Å². The van der Waals surface area contributed by atoms with Crippen LogP contribution in [0.2, 0.25) is 0 Å². The van der Waals surface area contributed by atoms with Gasteiger partial charge in [-0.25, -0.2) is 0 Å². The normalized spacial score (nSPS) is 21.3. The molecule has 1 aliphatic heterocycles. The lowest BCUT2D eigenvalue weighted by Crippen LogP contribution is -2.31. The van der Waals surface area contributed by atoms with E-state index in [1.54, 1.807) is 0 Å². The minimum absolute atomic E-state index is 0.287. The number of aliphatic hydroxyl groups is 1. The molecule has 82 valence electrons. The quantitative estimate of drug-likeness (QED) is 0.762. The summed E-state index contributed by atoms with van der Waals surface area (Å²) in [6.45, 7) is 5.45. The van der Waals surface area contributed by atoms with Gasteiger partial charge in [-0.3, -0.25) is 0 Å². The summed E-state index contributed by atoms with van der Waals surface area (Å²) < 4.78 is 0. The van der Waals surface area contributed by atoms with Crippen LogP contribution < -0.4 is 4.90 Å². The molecule has 0 saturated heterocycles. The second kappa shape index (κ2) is 4.23. The fourth-order valence-corrected chi connectivity index (χ4v) is 2.30. The fraction of sp³-hybridized carbons (Fsp3) is 0.538. The molecule has 1 N–H and O–H groups in total. The summed E-state index contributed by atoms with van der Waals surface area (Å²) in [5.41, 5.74) is 2.29. The number of hydrogen-bond acceptors (Lipinski definition) is 2. The third-order valence-corrected chi connectivity index (χ3v) is 3.11. The zero-order valence-electron chi connectivity index (χ0n) is 9.48. The molecule has 1 unspecified atom stereocenters. The number of fused-ring (bicyclic) bond motifs is 1. The summed E-state index contributed by atoms with van der Waals surface area (Å²) in [7, 11) is 0. The molecule has 0 fully saturated rings.